The third-order valence-electron chi connectivity index (χ3n) is 0.706. The van der Waals surface area contributed by atoms with Crippen LogP contribution in [0.1, 0.15) is 0 Å². The van der Waals surface area contributed by atoms with E-state index < -0.39 is 0 Å². The first kappa shape index (κ1) is 7.41. The van der Waals surface area contributed by atoms with E-state index in [9.17, 15) is 0 Å². The maximum Gasteiger partial charge on any atom is 0.181 e. The molecule has 0 radical (unpaired) electrons. The average Bonchev–Trinajstić information content (AvgIpc) is 1.88. The van der Waals surface area contributed by atoms with Crippen LogP contribution in [0.3, 0.4) is 0 Å². The van der Waals surface area contributed by atoms with E-state index in [1.54, 1.807) is 0 Å². The van der Waals surface area contributed by atoms with Crippen molar-refractivity contribution in [1.29, 1.82) is 5.26 Å². The zero-order valence-electron chi connectivity index (χ0n) is 4.96. The lowest BCUT2D eigenvalue weighted by molar-refractivity contribution is 0.496. The summed E-state index contributed by atoms with van der Waals surface area (Å²) in [5, 5.41) is 8.27. The fourth-order valence-corrected chi connectivity index (χ4v) is 0.347. The molecular weight excluding hydrogens is 112 g/mol. The number of nitrogens with zero attached hydrogens (tertiary/aromatic N) is 2. The van der Waals surface area contributed by atoms with Crippen LogP contribution in [0.25, 0.3) is 0 Å². The van der Waals surface area contributed by atoms with Crippen molar-refractivity contribution in [3.8, 4) is 30.9 Å². The van der Waals surface area contributed by atoms with Crippen molar-refractivity contribution in [3.05, 3.63) is 0 Å². The molecule has 0 saturated heterocycles. The fraction of sp³-hybridized carbons (Fsp3) is 0.286. The second-order valence-corrected chi connectivity index (χ2v) is 1.36. The zero-order valence-corrected chi connectivity index (χ0v) is 4.96. The summed E-state index contributed by atoms with van der Waals surface area (Å²) >= 11 is 0. The Hall–Kier alpha value is -1.59. The molecular formula is C7H6N2. The summed E-state index contributed by atoms with van der Waals surface area (Å²) in [5.74, 6) is 4.62. The number of terminal acetylenes is 2. The summed E-state index contributed by atoms with van der Waals surface area (Å²) in [4.78, 5) is 1.32. The molecule has 0 aliphatic rings. The Morgan fingerprint density at radius 3 is 1.89 bits per heavy atom. The van der Waals surface area contributed by atoms with Crippen LogP contribution in [0.2, 0.25) is 0 Å². The molecule has 0 aromatic heterocycles. The van der Waals surface area contributed by atoms with E-state index >= 15 is 0 Å². The van der Waals surface area contributed by atoms with Crippen molar-refractivity contribution in [2.45, 2.75) is 0 Å². The summed E-state index contributed by atoms with van der Waals surface area (Å²) in [6, 6.07) is 0. The smallest absolute Gasteiger partial charge is 0.181 e. The predicted octanol–water partition coefficient (Wildman–Crippen LogP) is 0.0359. The molecule has 0 aliphatic carbocycles. The average molecular weight is 118 g/mol. The van der Waals surface area contributed by atoms with Gasteiger partial charge in [-0.1, -0.05) is 11.8 Å². The minimum absolute atomic E-state index is 0.292. The van der Waals surface area contributed by atoms with E-state index in [1.807, 2.05) is 6.19 Å². The minimum Gasteiger partial charge on any atom is -0.287 e. The Bertz CT molecular complexity index is 170. The molecule has 2 heteroatoms. The Balaban J connectivity index is 3.65. The standard InChI is InChI=1S/C7H6N2/c1-3-5-9(7-8)6-4-2/h1-2H,5-6H2. The predicted molar refractivity (Wildman–Crippen MR) is 34.9 cm³/mol. The van der Waals surface area contributed by atoms with Gasteiger partial charge in [0.15, 0.2) is 6.19 Å². The summed E-state index contributed by atoms with van der Waals surface area (Å²) in [5.41, 5.74) is 0. The van der Waals surface area contributed by atoms with E-state index in [-0.39, 0.29) is 0 Å². The molecule has 0 bridgehead atoms. The van der Waals surface area contributed by atoms with Crippen molar-refractivity contribution in [1.82, 2.24) is 4.90 Å². The molecule has 0 aromatic carbocycles. The molecule has 44 valence electrons. The Labute approximate surface area is 55.1 Å². The number of nitriles is 1. The Morgan fingerprint density at radius 2 is 1.67 bits per heavy atom. The van der Waals surface area contributed by atoms with Crippen molar-refractivity contribution in [2.75, 3.05) is 13.1 Å². The second kappa shape index (κ2) is 4.57. The molecule has 0 atom stereocenters. The van der Waals surface area contributed by atoms with E-state index in [2.05, 4.69) is 11.8 Å². The normalized spacial score (nSPS) is 6.33. The second-order valence-electron chi connectivity index (χ2n) is 1.36. The molecule has 0 amide bonds. The van der Waals surface area contributed by atoms with Crippen LogP contribution in [-0.4, -0.2) is 18.0 Å². The van der Waals surface area contributed by atoms with E-state index in [0.29, 0.717) is 13.1 Å². The highest BCUT2D eigenvalue weighted by Crippen LogP contribution is 1.79. The van der Waals surface area contributed by atoms with Crippen LogP contribution in [0, 0.1) is 36.1 Å². The molecule has 0 aliphatic heterocycles. The van der Waals surface area contributed by atoms with Crippen molar-refractivity contribution in [3.63, 3.8) is 0 Å². The number of rotatable bonds is 2. The van der Waals surface area contributed by atoms with Crippen molar-refractivity contribution >= 4 is 0 Å². The lowest BCUT2D eigenvalue weighted by atomic mass is 10.5. The SMILES string of the molecule is C#CCN(C#N)CC#C. The van der Waals surface area contributed by atoms with Gasteiger partial charge < -0.3 is 0 Å². The first-order valence-electron chi connectivity index (χ1n) is 2.36. The Kier molecular flexibility index (Phi) is 3.76. The van der Waals surface area contributed by atoms with Gasteiger partial charge in [0.2, 0.25) is 0 Å². The van der Waals surface area contributed by atoms with Crippen LogP contribution in [-0.2, 0) is 0 Å². The third-order valence-corrected chi connectivity index (χ3v) is 0.706. The molecule has 0 saturated carbocycles. The minimum atomic E-state index is 0.292. The highest BCUT2D eigenvalue weighted by Gasteiger charge is 1.92. The molecule has 0 fully saturated rings. The Morgan fingerprint density at radius 1 is 1.22 bits per heavy atom. The highest BCUT2D eigenvalue weighted by atomic mass is 15.1. The largest absolute Gasteiger partial charge is 0.287 e. The first-order chi connectivity index (χ1) is 4.35. The van der Waals surface area contributed by atoms with Crippen molar-refractivity contribution in [2.24, 2.45) is 0 Å². The van der Waals surface area contributed by atoms with Gasteiger partial charge in [0.25, 0.3) is 0 Å². The van der Waals surface area contributed by atoms with Crippen LogP contribution >= 0.6 is 0 Å². The van der Waals surface area contributed by atoms with Gasteiger partial charge in [-0.3, -0.25) is 4.90 Å². The molecule has 0 aromatic rings. The fourth-order valence-electron chi connectivity index (χ4n) is 0.347. The lowest BCUT2D eigenvalue weighted by Crippen LogP contribution is -2.17. The number of hydrogen-bond acceptors (Lipinski definition) is 2. The topological polar surface area (TPSA) is 27.0 Å². The van der Waals surface area contributed by atoms with E-state index in [4.69, 9.17) is 18.1 Å². The molecule has 9 heavy (non-hydrogen) atoms. The quantitative estimate of drug-likeness (QED) is 0.291. The van der Waals surface area contributed by atoms with Crippen LogP contribution < -0.4 is 0 Å². The summed E-state index contributed by atoms with van der Waals surface area (Å²) in [7, 11) is 0. The molecule has 0 heterocycles. The van der Waals surface area contributed by atoms with Crippen LogP contribution in [0.5, 0.6) is 0 Å². The highest BCUT2D eigenvalue weighted by molar-refractivity contribution is 4.98. The summed E-state index contributed by atoms with van der Waals surface area (Å²) in [6.07, 6.45) is 11.7. The van der Waals surface area contributed by atoms with Gasteiger partial charge in [-0.15, -0.1) is 12.8 Å². The monoisotopic (exact) mass is 118 g/mol. The van der Waals surface area contributed by atoms with Gasteiger partial charge in [0, 0.05) is 0 Å². The van der Waals surface area contributed by atoms with E-state index in [0.717, 1.165) is 0 Å². The van der Waals surface area contributed by atoms with Crippen LogP contribution in [0.15, 0.2) is 0 Å². The maximum absolute atomic E-state index is 8.27. The lowest BCUT2D eigenvalue weighted by Gasteiger charge is -2.04. The molecule has 2 nitrogen and oxygen atoms in total. The van der Waals surface area contributed by atoms with Gasteiger partial charge in [0.05, 0.1) is 13.1 Å². The van der Waals surface area contributed by atoms with Gasteiger partial charge in [-0.05, 0) is 0 Å². The van der Waals surface area contributed by atoms with Gasteiger partial charge in [-0.25, -0.2) is 0 Å². The molecule has 0 unspecified atom stereocenters. The molecule has 0 spiro atoms. The molecule has 0 rings (SSSR count). The number of hydrogen-bond donors (Lipinski definition) is 0. The summed E-state index contributed by atoms with van der Waals surface area (Å²) in [6.45, 7) is 0.585. The molecule has 0 N–H and O–H groups in total. The van der Waals surface area contributed by atoms with Gasteiger partial charge in [0.1, 0.15) is 0 Å². The van der Waals surface area contributed by atoms with Gasteiger partial charge >= 0.3 is 0 Å². The van der Waals surface area contributed by atoms with E-state index in [1.165, 1.54) is 4.90 Å². The van der Waals surface area contributed by atoms with Crippen LogP contribution in [0.4, 0.5) is 0 Å². The van der Waals surface area contributed by atoms with Crippen molar-refractivity contribution < 1.29 is 0 Å². The first-order valence-corrected chi connectivity index (χ1v) is 2.36. The third kappa shape index (κ3) is 3.03. The summed E-state index contributed by atoms with van der Waals surface area (Å²) < 4.78 is 0. The zero-order chi connectivity index (χ0) is 7.11. The maximum atomic E-state index is 8.27. The van der Waals surface area contributed by atoms with Gasteiger partial charge in [-0.2, -0.15) is 5.26 Å².